The molecule has 0 amide bonds. The first kappa shape index (κ1) is 14.7. The van der Waals surface area contributed by atoms with E-state index >= 15 is 0 Å². The second-order valence-electron chi connectivity index (χ2n) is 6.79. The fourth-order valence-corrected chi connectivity index (χ4v) is 4.64. The topological polar surface area (TPSA) is 12.0 Å². The van der Waals surface area contributed by atoms with Gasteiger partial charge in [0.05, 0.1) is 0 Å². The van der Waals surface area contributed by atoms with E-state index in [1.807, 2.05) is 0 Å². The summed E-state index contributed by atoms with van der Waals surface area (Å²) < 4.78 is 0.560. The van der Waals surface area contributed by atoms with E-state index in [9.17, 15) is 0 Å². The van der Waals surface area contributed by atoms with Crippen LogP contribution in [0.2, 0.25) is 0 Å². The van der Waals surface area contributed by atoms with Gasteiger partial charge in [-0.2, -0.15) is 11.8 Å². The summed E-state index contributed by atoms with van der Waals surface area (Å²) >= 11 is 2.12. The molecule has 2 rings (SSSR count). The molecule has 2 heteroatoms. The minimum atomic E-state index is 0.560. The second-order valence-corrected chi connectivity index (χ2v) is 8.07. The van der Waals surface area contributed by atoms with Crippen molar-refractivity contribution in [3.05, 3.63) is 0 Å². The van der Waals surface area contributed by atoms with Crippen LogP contribution in [0.25, 0.3) is 0 Å². The summed E-state index contributed by atoms with van der Waals surface area (Å²) in [5.74, 6) is 1.85. The minimum absolute atomic E-state index is 0.560. The molecule has 1 N–H and O–H groups in total. The van der Waals surface area contributed by atoms with Gasteiger partial charge in [-0.1, -0.05) is 33.1 Å². The van der Waals surface area contributed by atoms with Crippen LogP contribution in [-0.4, -0.2) is 23.6 Å². The van der Waals surface area contributed by atoms with Gasteiger partial charge in [0, 0.05) is 17.3 Å². The summed E-state index contributed by atoms with van der Waals surface area (Å²) in [4.78, 5) is 0. The van der Waals surface area contributed by atoms with Crippen LogP contribution in [0.1, 0.15) is 65.2 Å². The van der Waals surface area contributed by atoms with Crippen molar-refractivity contribution in [2.75, 3.05) is 12.8 Å². The first-order valence-electron chi connectivity index (χ1n) is 7.94. The summed E-state index contributed by atoms with van der Waals surface area (Å²) in [5.41, 5.74) is 0. The second kappa shape index (κ2) is 6.65. The van der Waals surface area contributed by atoms with Crippen LogP contribution in [-0.2, 0) is 0 Å². The summed E-state index contributed by atoms with van der Waals surface area (Å²) in [7, 11) is 0. The molecule has 3 unspecified atom stereocenters. The fraction of sp³-hybridized carbons (Fsp3) is 1.00. The predicted octanol–water partition coefficient (Wildman–Crippen LogP) is 4.47. The van der Waals surface area contributed by atoms with Crippen molar-refractivity contribution in [3.63, 3.8) is 0 Å². The van der Waals surface area contributed by atoms with E-state index in [1.165, 1.54) is 57.9 Å². The molecule has 18 heavy (non-hydrogen) atoms. The van der Waals surface area contributed by atoms with Crippen molar-refractivity contribution in [2.24, 2.45) is 11.8 Å². The van der Waals surface area contributed by atoms with E-state index < -0.39 is 0 Å². The Kier molecular flexibility index (Phi) is 5.44. The van der Waals surface area contributed by atoms with Gasteiger partial charge >= 0.3 is 0 Å². The highest BCUT2D eigenvalue weighted by Gasteiger charge is 2.32. The number of rotatable bonds is 4. The van der Waals surface area contributed by atoms with E-state index in [2.05, 4.69) is 37.2 Å². The van der Waals surface area contributed by atoms with Gasteiger partial charge in [0.15, 0.2) is 0 Å². The molecule has 0 heterocycles. The lowest BCUT2D eigenvalue weighted by Gasteiger charge is -2.39. The van der Waals surface area contributed by atoms with Crippen molar-refractivity contribution < 1.29 is 0 Å². The molecule has 2 saturated carbocycles. The average Bonchev–Trinajstić information content (AvgIpc) is 2.41. The Morgan fingerprint density at radius 1 is 1.06 bits per heavy atom. The van der Waals surface area contributed by atoms with Gasteiger partial charge in [-0.05, 0) is 50.2 Å². The predicted molar refractivity (Wildman–Crippen MR) is 83.3 cm³/mol. The Hall–Kier alpha value is 0.310. The zero-order valence-electron chi connectivity index (χ0n) is 12.5. The summed E-state index contributed by atoms with van der Waals surface area (Å²) in [6, 6.07) is 0.794. The van der Waals surface area contributed by atoms with E-state index in [0.29, 0.717) is 4.75 Å². The SMILES string of the molecule is CSC1(CNC2CCC(C)C(C)C2)CCCCC1. The molecule has 2 aliphatic rings. The minimum Gasteiger partial charge on any atom is -0.313 e. The lowest BCUT2D eigenvalue weighted by molar-refractivity contribution is 0.219. The molecule has 0 aromatic rings. The molecule has 3 atom stereocenters. The zero-order chi connectivity index (χ0) is 13.0. The van der Waals surface area contributed by atoms with Gasteiger partial charge in [0.2, 0.25) is 0 Å². The molecule has 1 nitrogen and oxygen atoms in total. The molecule has 0 aromatic carbocycles. The lowest BCUT2D eigenvalue weighted by Crippen LogP contribution is -2.45. The van der Waals surface area contributed by atoms with Gasteiger partial charge in [-0.15, -0.1) is 0 Å². The largest absolute Gasteiger partial charge is 0.313 e. The standard InChI is InChI=1S/C16H31NS/c1-13-7-8-15(11-14(13)2)17-12-16(18-3)9-5-4-6-10-16/h13-15,17H,4-12H2,1-3H3. The van der Waals surface area contributed by atoms with Crippen LogP contribution < -0.4 is 5.32 Å². The van der Waals surface area contributed by atoms with Gasteiger partial charge < -0.3 is 5.32 Å². The quantitative estimate of drug-likeness (QED) is 0.808. The highest BCUT2D eigenvalue weighted by Crippen LogP contribution is 2.38. The third-order valence-corrected chi connectivity index (χ3v) is 6.93. The van der Waals surface area contributed by atoms with E-state index in [0.717, 1.165) is 17.9 Å². The molecule has 106 valence electrons. The van der Waals surface area contributed by atoms with Crippen molar-refractivity contribution in [3.8, 4) is 0 Å². The number of nitrogens with one attached hydrogen (secondary N) is 1. The summed E-state index contributed by atoms with van der Waals surface area (Å²) in [6.45, 7) is 6.11. The molecule has 0 radical (unpaired) electrons. The maximum atomic E-state index is 3.91. The average molecular weight is 269 g/mol. The Balaban J connectivity index is 1.79. The van der Waals surface area contributed by atoms with Crippen LogP contribution in [0.5, 0.6) is 0 Å². The van der Waals surface area contributed by atoms with Crippen LogP contribution in [0.3, 0.4) is 0 Å². The molecular formula is C16H31NS. The monoisotopic (exact) mass is 269 g/mol. The van der Waals surface area contributed by atoms with Crippen LogP contribution in [0, 0.1) is 11.8 Å². The fourth-order valence-electron chi connectivity index (χ4n) is 3.71. The van der Waals surface area contributed by atoms with E-state index in [4.69, 9.17) is 0 Å². The van der Waals surface area contributed by atoms with E-state index in [1.54, 1.807) is 0 Å². The van der Waals surface area contributed by atoms with Gasteiger partial charge in [0.1, 0.15) is 0 Å². The molecule has 2 fully saturated rings. The normalized spacial score (nSPS) is 36.5. The number of thioether (sulfide) groups is 1. The lowest BCUT2D eigenvalue weighted by atomic mass is 9.79. The van der Waals surface area contributed by atoms with Crippen molar-refractivity contribution in [1.82, 2.24) is 5.32 Å². The van der Waals surface area contributed by atoms with Crippen LogP contribution >= 0.6 is 11.8 Å². The molecule has 0 aliphatic heterocycles. The van der Waals surface area contributed by atoms with E-state index in [-0.39, 0.29) is 0 Å². The smallest absolute Gasteiger partial charge is 0.0281 e. The zero-order valence-corrected chi connectivity index (χ0v) is 13.3. The van der Waals surface area contributed by atoms with Gasteiger partial charge in [-0.25, -0.2) is 0 Å². The molecule has 0 spiro atoms. The van der Waals surface area contributed by atoms with Crippen molar-refractivity contribution in [1.29, 1.82) is 0 Å². The van der Waals surface area contributed by atoms with Gasteiger partial charge in [-0.3, -0.25) is 0 Å². The maximum absolute atomic E-state index is 3.91. The summed E-state index contributed by atoms with van der Waals surface area (Å²) in [5, 5.41) is 3.91. The molecular weight excluding hydrogens is 238 g/mol. The highest BCUT2D eigenvalue weighted by atomic mass is 32.2. The maximum Gasteiger partial charge on any atom is 0.0281 e. The van der Waals surface area contributed by atoms with Crippen molar-refractivity contribution in [2.45, 2.75) is 76.0 Å². The Labute approximate surface area is 118 Å². The first-order chi connectivity index (χ1) is 8.65. The molecule has 0 saturated heterocycles. The summed E-state index contributed by atoms with van der Waals surface area (Å²) in [6.07, 6.45) is 13.7. The highest BCUT2D eigenvalue weighted by molar-refractivity contribution is 8.00. The molecule has 0 aromatic heterocycles. The van der Waals surface area contributed by atoms with Gasteiger partial charge in [0.25, 0.3) is 0 Å². The first-order valence-corrected chi connectivity index (χ1v) is 9.16. The Bertz CT molecular complexity index is 247. The molecule has 0 bridgehead atoms. The van der Waals surface area contributed by atoms with Crippen molar-refractivity contribution >= 4 is 11.8 Å². The Morgan fingerprint density at radius 3 is 2.39 bits per heavy atom. The number of hydrogen-bond donors (Lipinski definition) is 1. The van der Waals surface area contributed by atoms with Crippen LogP contribution in [0.15, 0.2) is 0 Å². The molecule has 2 aliphatic carbocycles. The third kappa shape index (κ3) is 3.66. The third-order valence-electron chi connectivity index (χ3n) is 5.51. The Morgan fingerprint density at radius 2 is 1.78 bits per heavy atom. The number of hydrogen-bond acceptors (Lipinski definition) is 2. The van der Waals surface area contributed by atoms with Crippen LogP contribution in [0.4, 0.5) is 0 Å².